The van der Waals surface area contributed by atoms with Gasteiger partial charge in [-0.1, -0.05) is 12.1 Å². The largest absolute Gasteiger partial charge is 0.449 e. The molecule has 0 radical (unpaired) electrons. The highest BCUT2D eigenvalue weighted by molar-refractivity contribution is 6.00. The molecule has 2 rings (SSSR count). The summed E-state index contributed by atoms with van der Waals surface area (Å²) >= 11 is 0. The minimum Gasteiger partial charge on any atom is -0.449 e. The minimum atomic E-state index is -0.579. The highest BCUT2D eigenvalue weighted by Gasteiger charge is 2.29. The van der Waals surface area contributed by atoms with Crippen LogP contribution in [0.2, 0.25) is 0 Å². The van der Waals surface area contributed by atoms with Gasteiger partial charge in [-0.3, -0.25) is 4.79 Å². The fraction of sp³-hybridized carbons (Fsp3) is 0.400. The molecule has 0 aliphatic heterocycles. The van der Waals surface area contributed by atoms with E-state index in [0.717, 1.165) is 24.1 Å². The van der Waals surface area contributed by atoms with Crippen LogP contribution in [0.4, 0.5) is 10.5 Å². The predicted octanol–water partition coefficient (Wildman–Crippen LogP) is 2.51. The molecule has 2 N–H and O–H groups in total. The lowest BCUT2D eigenvalue weighted by atomic mass is 10.1. The quantitative estimate of drug-likeness (QED) is 0.645. The Morgan fingerprint density at radius 2 is 1.95 bits per heavy atom. The molecule has 1 aliphatic carbocycles. The van der Waals surface area contributed by atoms with E-state index in [4.69, 9.17) is 4.74 Å². The van der Waals surface area contributed by atoms with E-state index in [-0.39, 0.29) is 11.8 Å². The van der Waals surface area contributed by atoms with E-state index in [1.54, 1.807) is 13.8 Å². The zero-order valence-electron chi connectivity index (χ0n) is 12.2. The van der Waals surface area contributed by atoms with Crippen LogP contribution in [-0.2, 0) is 9.53 Å². The van der Waals surface area contributed by atoms with E-state index in [2.05, 4.69) is 15.8 Å². The molecular weight excluding hydrogens is 270 g/mol. The molecule has 112 valence electrons. The van der Waals surface area contributed by atoms with E-state index < -0.39 is 6.09 Å². The van der Waals surface area contributed by atoms with Gasteiger partial charge in [0, 0.05) is 11.6 Å². The van der Waals surface area contributed by atoms with Gasteiger partial charge in [-0.25, -0.2) is 10.2 Å². The fourth-order valence-corrected chi connectivity index (χ4v) is 1.74. The number of carbonyl (C=O) groups excluding carboxylic acids is 2. The van der Waals surface area contributed by atoms with Crippen molar-refractivity contribution in [2.24, 2.45) is 11.0 Å². The van der Waals surface area contributed by atoms with Gasteiger partial charge in [0.05, 0.1) is 12.3 Å². The molecule has 0 unspecified atom stereocenters. The summed E-state index contributed by atoms with van der Waals surface area (Å²) in [5.41, 5.74) is 4.59. The Balaban J connectivity index is 1.92. The normalized spacial score (nSPS) is 14.5. The van der Waals surface area contributed by atoms with Crippen molar-refractivity contribution in [3.05, 3.63) is 29.8 Å². The maximum Gasteiger partial charge on any atom is 0.427 e. The number of hydrazone groups is 1. The highest BCUT2D eigenvalue weighted by Crippen LogP contribution is 2.30. The van der Waals surface area contributed by atoms with Crippen LogP contribution in [0, 0.1) is 5.92 Å². The summed E-state index contributed by atoms with van der Waals surface area (Å²) in [6.45, 7) is 3.81. The van der Waals surface area contributed by atoms with Crippen molar-refractivity contribution in [3.8, 4) is 0 Å². The molecule has 1 fully saturated rings. The van der Waals surface area contributed by atoms with Crippen LogP contribution in [0.15, 0.2) is 29.4 Å². The van der Waals surface area contributed by atoms with Crippen molar-refractivity contribution < 1.29 is 14.3 Å². The number of rotatable bonds is 5. The summed E-state index contributed by atoms with van der Waals surface area (Å²) < 4.78 is 4.71. The van der Waals surface area contributed by atoms with Crippen LogP contribution in [0.3, 0.4) is 0 Å². The highest BCUT2D eigenvalue weighted by atomic mass is 16.5. The molecule has 6 nitrogen and oxygen atoms in total. The van der Waals surface area contributed by atoms with Crippen LogP contribution < -0.4 is 10.7 Å². The number of carbonyl (C=O) groups is 2. The Hall–Kier alpha value is -2.37. The number of amides is 2. The zero-order chi connectivity index (χ0) is 15.2. The van der Waals surface area contributed by atoms with Crippen molar-refractivity contribution >= 4 is 23.4 Å². The fourth-order valence-electron chi connectivity index (χ4n) is 1.74. The number of anilines is 1. The molecule has 0 saturated heterocycles. The van der Waals surface area contributed by atoms with Crippen molar-refractivity contribution in [1.82, 2.24) is 5.43 Å². The molecule has 0 aromatic heterocycles. The second-order valence-electron chi connectivity index (χ2n) is 4.87. The van der Waals surface area contributed by atoms with Crippen molar-refractivity contribution in [1.29, 1.82) is 0 Å². The summed E-state index contributed by atoms with van der Waals surface area (Å²) in [6.07, 6.45) is 1.38. The second kappa shape index (κ2) is 6.88. The molecule has 1 aromatic rings. The number of hydrogen-bond acceptors (Lipinski definition) is 4. The molecule has 21 heavy (non-hydrogen) atoms. The number of benzene rings is 1. The van der Waals surface area contributed by atoms with Gasteiger partial charge in [-0.2, -0.15) is 5.10 Å². The molecule has 1 aromatic carbocycles. The first kappa shape index (κ1) is 15.0. The van der Waals surface area contributed by atoms with Gasteiger partial charge in [0.15, 0.2) is 0 Å². The molecule has 2 amide bonds. The molecule has 1 aliphatic rings. The third-order valence-corrected chi connectivity index (χ3v) is 3.11. The first-order valence-corrected chi connectivity index (χ1v) is 6.98. The Morgan fingerprint density at radius 1 is 1.29 bits per heavy atom. The van der Waals surface area contributed by atoms with Crippen LogP contribution in [-0.4, -0.2) is 24.3 Å². The number of nitrogens with one attached hydrogen (secondary N) is 2. The second-order valence-corrected chi connectivity index (χ2v) is 4.87. The van der Waals surface area contributed by atoms with E-state index in [0.29, 0.717) is 12.3 Å². The predicted molar refractivity (Wildman–Crippen MR) is 80.2 cm³/mol. The van der Waals surface area contributed by atoms with Crippen molar-refractivity contribution in [2.45, 2.75) is 26.7 Å². The first-order chi connectivity index (χ1) is 10.1. The molecule has 0 heterocycles. The third-order valence-electron chi connectivity index (χ3n) is 3.11. The number of nitrogens with zero attached hydrogens (tertiary/aromatic N) is 1. The smallest absolute Gasteiger partial charge is 0.427 e. The molecule has 0 spiro atoms. The van der Waals surface area contributed by atoms with Gasteiger partial charge < -0.3 is 10.1 Å². The Labute approximate surface area is 123 Å². The van der Waals surface area contributed by atoms with Gasteiger partial charge in [0.2, 0.25) is 5.91 Å². The number of ether oxygens (including phenoxy) is 1. The van der Waals surface area contributed by atoms with Crippen LogP contribution in [0.5, 0.6) is 0 Å². The van der Waals surface area contributed by atoms with Crippen molar-refractivity contribution in [2.75, 3.05) is 11.9 Å². The first-order valence-electron chi connectivity index (χ1n) is 6.98. The maximum atomic E-state index is 11.6. The monoisotopic (exact) mass is 289 g/mol. The summed E-state index contributed by atoms with van der Waals surface area (Å²) in [6, 6.07) is 7.32. The van der Waals surface area contributed by atoms with Gasteiger partial charge in [0.25, 0.3) is 0 Å². The van der Waals surface area contributed by atoms with E-state index in [9.17, 15) is 9.59 Å². The van der Waals surface area contributed by atoms with Crippen LogP contribution >= 0.6 is 0 Å². The van der Waals surface area contributed by atoms with Gasteiger partial charge in [0.1, 0.15) is 0 Å². The minimum absolute atomic E-state index is 0.0807. The Bertz CT molecular complexity index is 548. The summed E-state index contributed by atoms with van der Waals surface area (Å²) in [5.74, 6) is 0.263. The molecule has 6 heteroatoms. The molecule has 0 bridgehead atoms. The lowest BCUT2D eigenvalue weighted by molar-refractivity contribution is -0.117. The maximum absolute atomic E-state index is 11.6. The van der Waals surface area contributed by atoms with E-state index in [1.165, 1.54) is 0 Å². The van der Waals surface area contributed by atoms with Gasteiger partial charge in [-0.15, -0.1) is 0 Å². The average Bonchev–Trinajstić information content (AvgIpc) is 3.30. The Morgan fingerprint density at radius 3 is 2.52 bits per heavy atom. The average molecular weight is 289 g/mol. The topological polar surface area (TPSA) is 79.8 Å². The Kier molecular flexibility index (Phi) is 4.92. The molecular formula is C15H19N3O3. The van der Waals surface area contributed by atoms with Crippen molar-refractivity contribution in [3.63, 3.8) is 0 Å². The van der Waals surface area contributed by atoms with Gasteiger partial charge in [-0.05, 0) is 44.4 Å². The third kappa shape index (κ3) is 4.59. The lowest BCUT2D eigenvalue weighted by Gasteiger charge is -2.06. The molecule has 0 atom stereocenters. The standard InChI is InChI=1S/C15H19N3O3/c1-3-21-15(20)18-17-10(2)11-6-8-13(9-7-11)16-14(19)12-4-5-12/h6-9,12H,3-5H2,1-2H3,(H,16,19)(H,18,20). The SMILES string of the molecule is CCOC(=O)NN=C(C)c1ccc(NC(=O)C2CC2)cc1. The lowest BCUT2D eigenvalue weighted by Crippen LogP contribution is -2.20. The van der Waals surface area contributed by atoms with E-state index >= 15 is 0 Å². The summed E-state index contributed by atoms with van der Waals surface area (Å²) in [5, 5.41) is 6.81. The van der Waals surface area contributed by atoms with Crippen LogP contribution in [0.25, 0.3) is 0 Å². The summed E-state index contributed by atoms with van der Waals surface area (Å²) in [7, 11) is 0. The molecule has 1 saturated carbocycles. The zero-order valence-corrected chi connectivity index (χ0v) is 12.2. The summed E-state index contributed by atoms with van der Waals surface area (Å²) in [4.78, 5) is 22.8. The number of hydrogen-bond donors (Lipinski definition) is 2. The van der Waals surface area contributed by atoms with Gasteiger partial charge >= 0.3 is 6.09 Å². The van der Waals surface area contributed by atoms with Crippen LogP contribution in [0.1, 0.15) is 32.3 Å². The van der Waals surface area contributed by atoms with E-state index in [1.807, 2.05) is 24.3 Å².